The van der Waals surface area contributed by atoms with Gasteiger partial charge in [0.1, 0.15) is 0 Å². The van der Waals surface area contributed by atoms with Crippen molar-refractivity contribution in [2.75, 3.05) is 5.32 Å². The summed E-state index contributed by atoms with van der Waals surface area (Å²) in [5.41, 5.74) is 3.04. The van der Waals surface area contributed by atoms with Gasteiger partial charge >= 0.3 is 23.5 Å². The molecule has 1 amide bonds. The van der Waals surface area contributed by atoms with E-state index in [9.17, 15) is 29.1 Å². The van der Waals surface area contributed by atoms with E-state index in [-0.39, 0.29) is 33.8 Å². The number of nitrogens with one attached hydrogen (secondary N) is 1. The molecule has 10 nitrogen and oxygen atoms in total. The van der Waals surface area contributed by atoms with Crippen LogP contribution in [0.15, 0.2) is 45.6 Å². The number of benzene rings is 2. The lowest BCUT2D eigenvalue weighted by Crippen LogP contribution is -2.18. The van der Waals surface area contributed by atoms with Crippen LogP contribution in [-0.2, 0) is 36.4 Å². The van der Waals surface area contributed by atoms with Crippen LogP contribution in [0.2, 0.25) is 0 Å². The Morgan fingerprint density at radius 1 is 0.848 bits per heavy atom. The molecule has 252 valence electrons. The highest BCUT2D eigenvalue weighted by Crippen LogP contribution is 2.28. The van der Waals surface area contributed by atoms with E-state index < -0.39 is 17.9 Å². The van der Waals surface area contributed by atoms with Crippen LogP contribution in [0.5, 0.6) is 0 Å². The molecule has 0 radical (unpaired) electrons. The molecule has 3 rings (SSSR count). The maximum atomic E-state index is 11.9. The minimum atomic E-state index is -1.04. The van der Waals surface area contributed by atoms with E-state index in [0.29, 0.717) is 35.7 Å². The molecule has 0 unspecified atom stereocenters. The number of aromatic nitrogens is 1. The van der Waals surface area contributed by atoms with Crippen LogP contribution in [0.3, 0.4) is 0 Å². The molecule has 0 saturated heterocycles. The number of aromatic carboxylic acids is 1. The number of carbonyl (C=O) groups excluding carboxylic acids is 3. The molecule has 0 fully saturated rings. The van der Waals surface area contributed by atoms with Gasteiger partial charge in [0, 0.05) is 26.7 Å². The summed E-state index contributed by atoms with van der Waals surface area (Å²) in [5.74, 6) is -1.15. The summed E-state index contributed by atoms with van der Waals surface area (Å²) in [5, 5.41) is 12.5. The largest absolute Gasteiger partial charge is 0.478 e. The fraction of sp³-hybridized carbons (Fsp3) is 0.500. The van der Waals surface area contributed by atoms with E-state index >= 15 is 0 Å². The Labute approximate surface area is 272 Å². The number of anilines is 1. The van der Waals surface area contributed by atoms with Crippen LogP contribution in [-0.4, -0.2) is 33.9 Å². The van der Waals surface area contributed by atoms with E-state index in [1.807, 2.05) is 52.8 Å². The molecule has 0 aliphatic rings. The molecular formula is C36H50N2O8. The van der Waals surface area contributed by atoms with E-state index in [2.05, 4.69) is 49.7 Å². The zero-order chi connectivity index (χ0) is 35.6. The van der Waals surface area contributed by atoms with Gasteiger partial charge in [0.05, 0.1) is 22.2 Å². The second-order valence-electron chi connectivity index (χ2n) is 14.0. The van der Waals surface area contributed by atoms with Crippen LogP contribution in [0.25, 0.3) is 10.9 Å². The maximum Gasteiger partial charge on any atom is 0.346 e. The smallest absolute Gasteiger partial charge is 0.346 e. The van der Waals surface area contributed by atoms with Gasteiger partial charge in [-0.15, -0.1) is 0 Å². The number of hydrogen-bond donors (Lipinski definition) is 2. The number of ether oxygens (including phenoxy) is 1. The van der Waals surface area contributed by atoms with Crippen LogP contribution >= 0.6 is 0 Å². The Morgan fingerprint density at radius 2 is 1.37 bits per heavy atom. The summed E-state index contributed by atoms with van der Waals surface area (Å²) in [6.07, 6.45) is 1.06. The van der Waals surface area contributed by atoms with Crippen LogP contribution in [0.4, 0.5) is 5.69 Å². The van der Waals surface area contributed by atoms with Gasteiger partial charge in [-0.3, -0.25) is 14.4 Å². The molecule has 0 bridgehead atoms. The van der Waals surface area contributed by atoms with E-state index in [1.165, 1.54) is 19.4 Å². The second kappa shape index (κ2) is 16.8. The Balaban J connectivity index is 0.000000383. The molecule has 0 spiro atoms. The minimum Gasteiger partial charge on any atom is -0.478 e. The Kier molecular flexibility index (Phi) is 14.5. The van der Waals surface area contributed by atoms with E-state index in [0.717, 1.165) is 11.1 Å². The van der Waals surface area contributed by atoms with Gasteiger partial charge in [-0.1, -0.05) is 81.4 Å². The van der Waals surface area contributed by atoms with E-state index in [4.69, 9.17) is 4.42 Å². The number of rotatable bonds is 6. The van der Waals surface area contributed by atoms with Gasteiger partial charge in [0.25, 0.3) is 0 Å². The van der Waals surface area contributed by atoms with Crippen molar-refractivity contribution in [2.45, 2.75) is 107 Å². The second-order valence-corrected chi connectivity index (χ2v) is 14.0. The maximum absolute atomic E-state index is 11.9. The van der Waals surface area contributed by atoms with Crippen molar-refractivity contribution in [3.05, 3.63) is 69.4 Å². The normalized spacial score (nSPS) is 11.3. The summed E-state index contributed by atoms with van der Waals surface area (Å²) in [6, 6.07) is 10.9. The van der Waals surface area contributed by atoms with Crippen LogP contribution < -0.4 is 10.9 Å². The number of esters is 2. The number of hydrogen-bond acceptors (Lipinski definition) is 8. The van der Waals surface area contributed by atoms with Crippen molar-refractivity contribution in [3.8, 4) is 0 Å². The van der Waals surface area contributed by atoms with Gasteiger partial charge in [-0.25, -0.2) is 14.6 Å². The average Bonchev–Trinajstić information content (AvgIpc) is 2.86. The van der Waals surface area contributed by atoms with Crippen molar-refractivity contribution in [1.29, 1.82) is 0 Å². The summed E-state index contributed by atoms with van der Waals surface area (Å²) in [6.45, 7) is 23.0. The van der Waals surface area contributed by atoms with Gasteiger partial charge in [0.15, 0.2) is 5.89 Å². The van der Waals surface area contributed by atoms with Crippen LogP contribution in [0.1, 0.15) is 117 Å². The van der Waals surface area contributed by atoms with Crippen LogP contribution in [0, 0.1) is 11.8 Å². The molecule has 1 aromatic heterocycles. The minimum absolute atomic E-state index is 0.0457. The van der Waals surface area contributed by atoms with Gasteiger partial charge in [0.2, 0.25) is 5.91 Å². The summed E-state index contributed by atoms with van der Waals surface area (Å²) in [4.78, 5) is 59.1. The van der Waals surface area contributed by atoms with E-state index in [1.54, 1.807) is 18.2 Å². The molecular weight excluding hydrogens is 588 g/mol. The lowest BCUT2D eigenvalue weighted by molar-refractivity contribution is -0.156. The Morgan fingerprint density at radius 3 is 1.80 bits per heavy atom. The summed E-state index contributed by atoms with van der Waals surface area (Å²) in [7, 11) is 0. The first-order valence-corrected chi connectivity index (χ1v) is 15.3. The molecule has 10 heteroatoms. The van der Waals surface area contributed by atoms with Gasteiger partial charge in [-0.05, 0) is 58.1 Å². The monoisotopic (exact) mass is 638 g/mol. The van der Waals surface area contributed by atoms with Crippen molar-refractivity contribution >= 4 is 40.4 Å². The number of carboxylic acids is 1. The molecule has 2 N–H and O–H groups in total. The first-order chi connectivity index (χ1) is 21.0. The fourth-order valence-corrected chi connectivity index (χ4v) is 4.09. The topological polar surface area (TPSA) is 153 Å². The lowest BCUT2D eigenvalue weighted by Gasteiger charge is -2.21. The SMILES string of the molecule is CC(=O)OC(C)=O.CC(C)CC(=O)Nc1cc(C(C)(C)C)ccc1C(=O)O.CC(C)Cc1nc2cc(C(C)(C)C)ccc2c(=O)o1. The highest BCUT2D eigenvalue weighted by atomic mass is 16.6. The third-order valence-electron chi connectivity index (χ3n) is 6.39. The highest BCUT2D eigenvalue weighted by Gasteiger charge is 2.19. The molecule has 0 aliphatic heterocycles. The molecule has 0 aliphatic carbocycles. The first kappa shape index (κ1) is 39.7. The third kappa shape index (κ3) is 13.7. The number of carboxylic acid groups (broad SMARTS) is 1. The van der Waals surface area contributed by atoms with Crippen molar-refractivity contribution in [2.24, 2.45) is 11.8 Å². The lowest BCUT2D eigenvalue weighted by atomic mass is 9.86. The summed E-state index contributed by atoms with van der Waals surface area (Å²) < 4.78 is 9.23. The molecule has 2 aromatic carbocycles. The Bertz CT molecular complexity index is 1580. The predicted molar refractivity (Wildman–Crippen MR) is 180 cm³/mol. The quantitative estimate of drug-likeness (QED) is 0.207. The fourth-order valence-electron chi connectivity index (χ4n) is 4.09. The molecule has 1 heterocycles. The third-order valence-corrected chi connectivity index (χ3v) is 6.39. The number of fused-ring (bicyclic) bond motifs is 1. The van der Waals surface area contributed by atoms with Crippen molar-refractivity contribution in [3.63, 3.8) is 0 Å². The average molecular weight is 639 g/mol. The highest BCUT2D eigenvalue weighted by molar-refractivity contribution is 6.00. The standard InChI is InChI=1S/C16H23NO3.C16H21NO2.C4H6O3/c1-10(2)8-14(18)17-13-9-11(16(3,4)5)6-7-12(13)15(19)20;1-10(2)8-14-17-13-9-11(16(3,4)5)6-7-12(13)15(18)19-14;1-3(5)7-4(2)6/h6-7,9-10H,8H2,1-5H3,(H,17,18)(H,19,20);6-7,9-10H,8H2,1-5H3;1-2H3. The predicted octanol–water partition coefficient (Wildman–Crippen LogP) is 7.45. The number of carbonyl (C=O) groups is 4. The van der Waals surface area contributed by atoms with Gasteiger partial charge < -0.3 is 19.6 Å². The molecule has 0 saturated carbocycles. The molecule has 46 heavy (non-hydrogen) atoms. The Hall–Kier alpha value is -4.34. The van der Waals surface area contributed by atoms with Crippen molar-refractivity contribution < 1.29 is 33.4 Å². The zero-order valence-corrected chi connectivity index (χ0v) is 29.3. The summed E-state index contributed by atoms with van der Waals surface area (Å²) >= 11 is 0. The number of nitrogens with zero attached hydrogens (tertiary/aromatic N) is 1. The number of amides is 1. The van der Waals surface area contributed by atoms with Crippen molar-refractivity contribution in [1.82, 2.24) is 4.98 Å². The molecule has 0 atom stereocenters. The van der Waals surface area contributed by atoms with Gasteiger partial charge in [-0.2, -0.15) is 0 Å². The first-order valence-electron chi connectivity index (χ1n) is 15.3. The molecule has 3 aromatic rings. The zero-order valence-electron chi connectivity index (χ0n) is 29.3.